The fraction of sp³-hybridized carbons (Fsp3) is 0.150. The molecular formula is C20H19N. The zero-order chi connectivity index (χ0) is 14.8. The molecule has 0 atom stereocenters. The van der Waals surface area contributed by atoms with Gasteiger partial charge in [0.1, 0.15) is 0 Å². The minimum Gasteiger partial charge on any atom is -0.308 e. The lowest BCUT2D eigenvalue weighted by Gasteiger charge is -2.14. The fourth-order valence-corrected chi connectivity index (χ4v) is 2.96. The van der Waals surface area contributed by atoms with E-state index in [1.807, 2.05) is 18.2 Å². The Balaban J connectivity index is 2.20. The minimum atomic E-state index is 0.964. The monoisotopic (exact) mass is 273 g/mol. The summed E-state index contributed by atoms with van der Waals surface area (Å²) < 4.78 is 0. The molecular weight excluding hydrogens is 254 g/mol. The van der Waals surface area contributed by atoms with Crippen molar-refractivity contribution in [2.45, 2.75) is 20.3 Å². The van der Waals surface area contributed by atoms with E-state index in [1.54, 1.807) is 0 Å². The van der Waals surface area contributed by atoms with E-state index in [9.17, 15) is 0 Å². The van der Waals surface area contributed by atoms with Gasteiger partial charge in [-0.05, 0) is 53.7 Å². The summed E-state index contributed by atoms with van der Waals surface area (Å²) in [5.41, 5.74) is 8.77. The highest BCUT2D eigenvalue weighted by Gasteiger charge is 2.16. The van der Waals surface area contributed by atoms with Crippen LogP contribution in [0.15, 0.2) is 65.8 Å². The van der Waals surface area contributed by atoms with Gasteiger partial charge >= 0.3 is 0 Å². The summed E-state index contributed by atoms with van der Waals surface area (Å²) in [6.45, 7) is 4.38. The van der Waals surface area contributed by atoms with Crippen LogP contribution >= 0.6 is 0 Å². The Hall–Kier alpha value is -2.41. The molecule has 2 aromatic carbocycles. The molecule has 0 aromatic heterocycles. The topological polar surface area (TPSA) is 23.9 Å². The van der Waals surface area contributed by atoms with Gasteiger partial charge in [-0.25, -0.2) is 0 Å². The molecule has 1 nitrogen and oxygen atoms in total. The van der Waals surface area contributed by atoms with Crippen LogP contribution in [0.25, 0.3) is 16.7 Å². The number of nitrogens with one attached hydrogen (secondary N) is 1. The Morgan fingerprint density at radius 3 is 2.10 bits per heavy atom. The lowest BCUT2D eigenvalue weighted by molar-refractivity contribution is 1.38. The lowest BCUT2D eigenvalue weighted by atomic mass is 9.90. The highest BCUT2D eigenvalue weighted by molar-refractivity contribution is 5.93. The lowest BCUT2D eigenvalue weighted by Crippen LogP contribution is -1.93. The Morgan fingerprint density at radius 2 is 1.48 bits per heavy atom. The van der Waals surface area contributed by atoms with Crippen LogP contribution in [0.4, 0.5) is 0 Å². The van der Waals surface area contributed by atoms with Crippen LogP contribution in [0, 0.1) is 5.41 Å². The normalized spacial score (nSPS) is 14.3. The summed E-state index contributed by atoms with van der Waals surface area (Å²) in [7, 11) is 0. The summed E-state index contributed by atoms with van der Waals surface area (Å²) in [5.74, 6) is 0. The van der Waals surface area contributed by atoms with Crippen molar-refractivity contribution in [2.75, 3.05) is 0 Å². The van der Waals surface area contributed by atoms with E-state index < -0.39 is 0 Å². The summed E-state index contributed by atoms with van der Waals surface area (Å²) in [5, 5.41) is 7.64. The molecule has 0 spiro atoms. The molecule has 3 rings (SSSR count). The molecule has 0 heterocycles. The van der Waals surface area contributed by atoms with Crippen molar-refractivity contribution >= 4 is 11.8 Å². The smallest absolute Gasteiger partial charge is 0.0256 e. The molecule has 0 saturated heterocycles. The van der Waals surface area contributed by atoms with Crippen LogP contribution < -0.4 is 0 Å². The Kier molecular flexibility index (Phi) is 3.57. The Labute approximate surface area is 126 Å². The fourth-order valence-electron chi connectivity index (χ4n) is 2.96. The maximum atomic E-state index is 7.64. The first-order chi connectivity index (χ1) is 10.2. The van der Waals surface area contributed by atoms with Crippen molar-refractivity contribution in [3.63, 3.8) is 0 Å². The number of rotatable bonds is 3. The molecule has 1 heteroatoms. The first-order valence-electron chi connectivity index (χ1n) is 7.28. The number of allylic oxidation sites excluding steroid dienone is 4. The van der Waals surface area contributed by atoms with Gasteiger partial charge in [0.15, 0.2) is 0 Å². The second-order valence-corrected chi connectivity index (χ2v) is 5.47. The molecule has 0 saturated carbocycles. The first-order valence-corrected chi connectivity index (χ1v) is 7.28. The molecule has 0 unspecified atom stereocenters. The van der Waals surface area contributed by atoms with E-state index in [2.05, 4.69) is 50.3 Å². The first kappa shape index (κ1) is 13.6. The molecule has 1 N–H and O–H groups in total. The zero-order valence-electron chi connectivity index (χ0n) is 12.5. The molecule has 1 aliphatic rings. The molecule has 0 radical (unpaired) electrons. The van der Waals surface area contributed by atoms with Gasteiger partial charge in [-0.1, -0.05) is 60.2 Å². The molecule has 2 aromatic rings. The van der Waals surface area contributed by atoms with Gasteiger partial charge in [-0.2, -0.15) is 0 Å². The average Bonchev–Trinajstić information content (AvgIpc) is 2.87. The molecule has 21 heavy (non-hydrogen) atoms. The largest absolute Gasteiger partial charge is 0.308 e. The van der Waals surface area contributed by atoms with Gasteiger partial charge in [-0.15, -0.1) is 0 Å². The second-order valence-electron chi connectivity index (χ2n) is 5.47. The van der Waals surface area contributed by atoms with Crippen molar-refractivity contribution in [3.8, 4) is 11.1 Å². The van der Waals surface area contributed by atoms with Crippen LogP contribution in [0.1, 0.15) is 31.4 Å². The standard InChI is InChI=1S/C20H19N/c1-14-11-12-17(15(14)2)19-9-5-6-10-20(19)18-8-4-3-7-16(18)13-21/h3-11,13,21H,12H2,1-2H3. The van der Waals surface area contributed by atoms with E-state index in [-0.39, 0.29) is 0 Å². The maximum Gasteiger partial charge on any atom is 0.0256 e. The van der Waals surface area contributed by atoms with Crippen LogP contribution in [-0.2, 0) is 0 Å². The highest BCUT2D eigenvalue weighted by Crippen LogP contribution is 2.38. The molecule has 0 fully saturated rings. The molecule has 1 aliphatic carbocycles. The van der Waals surface area contributed by atoms with E-state index in [0.717, 1.165) is 17.5 Å². The molecule has 104 valence electrons. The predicted octanol–water partition coefficient (Wildman–Crippen LogP) is 5.47. The average molecular weight is 273 g/mol. The van der Waals surface area contributed by atoms with Gasteiger partial charge in [0, 0.05) is 6.21 Å². The third-order valence-electron chi connectivity index (χ3n) is 4.32. The SMILES string of the molecule is CC1=CCC(c2ccccc2-c2ccccc2C=N)=C1C. The van der Waals surface area contributed by atoms with Crippen LogP contribution in [0.2, 0.25) is 0 Å². The predicted molar refractivity (Wildman–Crippen MR) is 90.7 cm³/mol. The van der Waals surface area contributed by atoms with E-state index >= 15 is 0 Å². The van der Waals surface area contributed by atoms with Crippen LogP contribution in [0.3, 0.4) is 0 Å². The van der Waals surface area contributed by atoms with E-state index in [4.69, 9.17) is 5.41 Å². The summed E-state index contributed by atoms with van der Waals surface area (Å²) in [6.07, 6.45) is 4.73. The van der Waals surface area contributed by atoms with Crippen molar-refractivity contribution < 1.29 is 0 Å². The van der Waals surface area contributed by atoms with Gasteiger partial charge in [0.2, 0.25) is 0 Å². The van der Waals surface area contributed by atoms with E-state index in [1.165, 1.54) is 34.1 Å². The summed E-state index contributed by atoms with van der Waals surface area (Å²) >= 11 is 0. The number of hydrogen-bond donors (Lipinski definition) is 1. The van der Waals surface area contributed by atoms with Crippen molar-refractivity contribution in [2.24, 2.45) is 0 Å². The third-order valence-corrected chi connectivity index (χ3v) is 4.32. The summed E-state index contributed by atoms with van der Waals surface area (Å²) in [4.78, 5) is 0. The number of benzene rings is 2. The van der Waals surface area contributed by atoms with Gasteiger partial charge in [0.05, 0.1) is 0 Å². The van der Waals surface area contributed by atoms with Crippen molar-refractivity contribution in [3.05, 3.63) is 76.9 Å². The highest BCUT2D eigenvalue weighted by atomic mass is 14.3. The van der Waals surface area contributed by atoms with Crippen molar-refractivity contribution in [1.82, 2.24) is 0 Å². The van der Waals surface area contributed by atoms with Gasteiger partial charge in [0.25, 0.3) is 0 Å². The second kappa shape index (κ2) is 5.53. The number of hydrogen-bond acceptors (Lipinski definition) is 1. The van der Waals surface area contributed by atoms with Crippen LogP contribution in [-0.4, -0.2) is 6.21 Å². The quantitative estimate of drug-likeness (QED) is 0.716. The molecule has 0 bridgehead atoms. The molecule has 0 aliphatic heterocycles. The van der Waals surface area contributed by atoms with Gasteiger partial charge < -0.3 is 5.41 Å². The Morgan fingerprint density at radius 1 is 0.857 bits per heavy atom. The Bertz CT molecular complexity index is 763. The van der Waals surface area contributed by atoms with Gasteiger partial charge in [-0.3, -0.25) is 0 Å². The van der Waals surface area contributed by atoms with Crippen LogP contribution in [0.5, 0.6) is 0 Å². The van der Waals surface area contributed by atoms with E-state index in [0.29, 0.717) is 0 Å². The third kappa shape index (κ3) is 2.36. The summed E-state index contributed by atoms with van der Waals surface area (Å²) in [6, 6.07) is 16.6. The molecule has 0 amide bonds. The van der Waals surface area contributed by atoms with Crippen molar-refractivity contribution in [1.29, 1.82) is 5.41 Å². The maximum absolute atomic E-state index is 7.64. The zero-order valence-corrected chi connectivity index (χ0v) is 12.5. The minimum absolute atomic E-state index is 0.964.